The Balaban J connectivity index is 1.94. The van der Waals surface area contributed by atoms with Crippen LogP contribution in [-0.2, 0) is 4.79 Å². The van der Waals surface area contributed by atoms with E-state index < -0.39 is 29.5 Å². The van der Waals surface area contributed by atoms with Gasteiger partial charge in [-0.25, -0.2) is 8.78 Å². The Morgan fingerprint density at radius 1 is 0.800 bits per heavy atom. The summed E-state index contributed by atoms with van der Waals surface area (Å²) in [6.45, 7) is 0. The summed E-state index contributed by atoms with van der Waals surface area (Å²) in [6.07, 6.45) is 0. The average Bonchev–Trinajstić information content (AvgIpc) is 2.78. The lowest BCUT2D eigenvalue weighted by Crippen LogP contribution is -2.39. The van der Waals surface area contributed by atoms with Crippen molar-refractivity contribution >= 4 is 17.6 Å². The number of hydrogen-bond donors (Lipinski definition) is 2. The van der Waals surface area contributed by atoms with Gasteiger partial charge in [0.15, 0.2) is 17.4 Å². The van der Waals surface area contributed by atoms with E-state index in [1.165, 1.54) is 25.2 Å². The quantitative estimate of drug-likeness (QED) is 0.614. The molecule has 0 aromatic heterocycles. The number of rotatable bonds is 6. The third-order valence-electron chi connectivity index (χ3n) is 4.51. The normalized spacial score (nSPS) is 11.4. The zero-order valence-electron chi connectivity index (χ0n) is 16.0. The van der Waals surface area contributed by atoms with Crippen molar-refractivity contribution in [3.63, 3.8) is 0 Å². The van der Waals surface area contributed by atoms with Gasteiger partial charge >= 0.3 is 0 Å². The molecule has 152 valence electrons. The molecule has 7 heteroatoms. The highest BCUT2D eigenvalue weighted by atomic mass is 19.2. The van der Waals surface area contributed by atoms with Crippen LogP contribution in [0.15, 0.2) is 72.8 Å². The van der Waals surface area contributed by atoms with Gasteiger partial charge < -0.3 is 10.6 Å². The lowest BCUT2D eigenvalue weighted by atomic mass is 9.97. The third kappa shape index (κ3) is 4.41. The molecule has 1 unspecified atom stereocenters. The first kappa shape index (κ1) is 20.9. The summed E-state index contributed by atoms with van der Waals surface area (Å²) >= 11 is 0. The molecule has 1 atom stereocenters. The molecule has 2 N–H and O–H groups in total. The maximum atomic E-state index is 13.7. The summed E-state index contributed by atoms with van der Waals surface area (Å²) in [6, 6.07) is 16.3. The SMILES string of the molecule is CNC(=O)C(NC(=O)c1ccccc1C(=O)c1ccccc1)c1ccc(F)c(F)c1. The summed E-state index contributed by atoms with van der Waals surface area (Å²) in [5, 5.41) is 4.88. The second kappa shape index (κ2) is 9.09. The van der Waals surface area contributed by atoms with Crippen molar-refractivity contribution in [2.75, 3.05) is 7.05 Å². The molecule has 0 saturated carbocycles. The summed E-state index contributed by atoms with van der Waals surface area (Å²) in [5.74, 6) is -3.89. The van der Waals surface area contributed by atoms with E-state index >= 15 is 0 Å². The number of halogens is 2. The van der Waals surface area contributed by atoms with Crippen LogP contribution in [0.5, 0.6) is 0 Å². The standard InChI is InChI=1S/C23H18F2N2O3/c1-26-23(30)20(15-11-12-18(24)19(25)13-15)27-22(29)17-10-6-5-9-16(17)21(28)14-7-3-2-4-8-14/h2-13,20H,1H3,(H,26,30)(H,27,29). The Kier molecular flexibility index (Phi) is 6.32. The minimum atomic E-state index is -1.28. The number of hydrogen-bond acceptors (Lipinski definition) is 3. The molecule has 30 heavy (non-hydrogen) atoms. The van der Waals surface area contributed by atoms with Gasteiger partial charge in [0.1, 0.15) is 6.04 Å². The van der Waals surface area contributed by atoms with Gasteiger partial charge in [-0.05, 0) is 23.8 Å². The highest BCUT2D eigenvalue weighted by Gasteiger charge is 2.26. The van der Waals surface area contributed by atoms with Crippen molar-refractivity contribution in [2.45, 2.75) is 6.04 Å². The molecule has 0 saturated heterocycles. The zero-order valence-corrected chi connectivity index (χ0v) is 16.0. The molecule has 3 rings (SSSR count). The molecule has 5 nitrogen and oxygen atoms in total. The van der Waals surface area contributed by atoms with E-state index in [4.69, 9.17) is 0 Å². The van der Waals surface area contributed by atoms with Crippen LogP contribution in [0.1, 0.15) is 37.9 Å². The number of carbonyl (C=O) groups is 3. The molecule has 0 aliphatic rings. The van der Waals surface area contributed by atoms with Crippen LogP contribution in [0, 0.1) is 11.6 Å². The lowest BCUT2D eigenvalue weighted by Gasteiger charge is -2.19. The number of amides is 2. The Morgan fingerprint density at radius 3 is 2.07 bits per heavy atom. The van der Waals surface area contributed by atoms with Gasteiger partial charge in [0.2, 0.25) is 5.91 Å². The van der Waals surface area contributed by atoms with Crippen LogP contribution in [0.3, 0.4) is 0 Å². The van der Waals surface area contributed by atoms with E-state index in [9.17, 15) is 23.2 Å². The molecule has 0 aliphatic heterocycles. The van der Waals surface area contributed by atoms with Crippen LogP contribution in [0.2, 0.25) is 0 Å². The first-order valence-corrected chi connectivity index (χ1v) is 9.08. The molecule has 3 aromatic carbocycles. The molecule has 2 amide bonds. The predicted octanol–water partition coefficient (Wildman–Crippen LogP) is 3.41. The van der Waals surface area contributed by atoms with Crippen molar-refractivity contribution in [3.05, 3.63) is 107 Å². The fourth-order valence-electron chi connectivity index (χ4n) is 2.97. The number of ketones is 1. The number of benzene rings is 3. The van der Waals surface area contributed by atoms with Gasteiger partial charge in [-0.2, -0.15) is 0 Å². The van der Waals surface area contributed by atoms with Crippen LogP contribution in [0.25, 0.3) is 0 Å². The molecular formula is C23H18F2N2O3. The van der Waals surface area contributed by atoms with Gasteiger partial charge in [-0.3, -0.25) is 14.4 Å². The van der Waals surface area contributed by atoms with Gasteiger partial charge in [0.05, 0.1) is 5.56 Å². The maximum Gasteiger partial charge on any atom is 0.252 e. The molecule has 0 spiro atoms. The average molecular weight is 408 g/mol. The largest absolute Gasteiger partial charge is 0.357 e. The maximum absolute atomic E-state index is 13.7. The molecule has 0 heterocycles. The Hall–Kier alpha value is -3.87. The monoisotopic (exact) mass is 408 g/mol. The first-order valence-electron chi connectivity index (χ1n) is 9.08. The molecule has 0 bridgehead atoms. The fourth-order valence-corrected chi connectivity index (χ4v) is 2.97. The highest BCUT2D eigenvalue weighted by molar-refractivity contribution is 6.15. The Bertz CT molecular complexity index is 1100. The van der Waals surface area contributed by atoms with E-state index in [1.54, 1.807) is 42.5 Å². The minimum absolute atomic E-state index is 0.0582. The Labute approximate surface area is 171 Å². The molecule has 0 fully saturated rings. The topological polar surface area (TPSA) is 75.3 Å². The van der Waals surface area contributed by atoms with Crippen molar-refractivity contribution in [1.29, 1.82) is 0 Å². The van der Waals surface area contributed by atoms with Gasteiger partial charge in [-0.1, -0.05) is 54.6 Å². The fraction of sp³-hybridized carbons (Fsp3) is 0.0870. The highest BCUT2D eigenvalue weighted by Crippen LogP contribution is 2.20. The van der Waals surface area contributed by atoms with Crippen LogP contribution >= 0.6 is 0 Å². The summed E-state index contributed by atoms with van der Waals surface area (Å²) < 4.78 is 26.9. The molecule has 3 aromatic rings. The third-order valence-corrected chi connectivity index (χ3v) is 4.51. The minimum Gasteiger partial charge on any atom is -0.357 e. The van der Waals surface area contributed by atoms with E-state index in [-0.39, 0.29) is 22.5 Å². The zero-order chi connectivity index (χ0) is 21.7. The first-order chi connectivity index (χ1) is 14.4. The predicted molar refractivity (Wildman–Crippen MR) is 107 cm³/mol. The van der Waals surface area contributed by atoms with Crippen molar-refractivity contribution < 1.29 is 23.2 Å². The van der Waals surface area contributed by atoms with Crippen LogP contribution < -0.4 is 10.6 Å². The summed E-state index contributed by atoms with van der Waals surface area (Å²) in [5.41, 5.74) is 0.680. The van der Waals surface area contributed by atoms with Crippen molar-refractivity contribution in [3.8, 4) is 0 Å². The van der Waals surface area contributed by atoms with E-state index in [0.717, 1.165) is 12.1 Å². The van der Waals surface area contributed by atoms with Gasteiger partial charge in [0.25, 0.3) is 5.91 Å². The second-order valence-corrected chi connectivity index (χ2v) is 6.44. The van der Waals surface area contributed by atoms with E-state index in [2.05, 4.69) is 10.6 Å². The van der Waals surface area contributed by atoms with Gasteiger partial charge in [-0.15, -0.1) is 0 Å². The van der Waals surface area contributed by atoms with Crippen molar-refractivity contribution in [2.24, 2.45) is 0 Å². The molecule has 0 aliphatic carbocycles. The van der Waals surface area contributed by atoms with E-state index in [0.29, 0.717) is 5.56 Å². The summed E-state index contributed by atoms with van der Waals surface area (Å²) in [7, 11) is 1.36. The van der Waals surface area contributed by atoms with Gasteiger partial charge in [0, 0.05) is 18.2 Å². The van der Waals surface area contributed by atoms with Crippen molar-refractivity contribution in [1.82, 2.24) is 10.6 Å². The lowest BCUT2D eigenvalue weighted by molar-refractivity contribution is -0.122. The smallest absolute Gasteiger partial charge is 0.252 e. The number of nitrogens with one attached hydrogen (secondary N) is 2. The Morgan fingerprint density at radius 2 is 1.43 bits per heavy atom. The number of carbonyl (C=O) groups excluding carboxylic acids is 3. The van der Waals surface area contributed by atoms with Crippen LogP contribution in [-0.4, -0.2) is 24.6 Å². The number of likely N-dealkylation sites (N-methyl/N-ethyl adjacent to an activating group) is 1. The molecule has 0 radical (unpaired) electrons. The van der Waals surface area contributed by atoms with Crippen LogP contribution in [0.4, 0.5) is 8.78 Å². The van der Waals surface area contributed by atoms with E-state index in [1.807, 2.05) is 0 Å². The summed E-state index contributed by atoms with van der Waals surface area (Å²) in [4.78, 5) is 38.1. The second-order valence-electron chi connectivity index (χ2n) is 6.44. The molecular weight excluding hydrogens is 390 g/mol.